The Morgan fingerprint density at radius 3 is 1.18 bits per heavy atom. The Kier molecular flexibility index (Phi) is 10.0. The lowest BCUT2D eigenvalue weighted by Crippen LogP contribution is -2.00. The molecule has 4 heterocycles. The quantitative estimate of drug-likeness (QED) is 0.148. The third-order valence-corrected chi connectivity index (χ3v) is 14.4. The van der Waals surface area contributed by atoms with E-state index in [4.69, 9.17) is 38.7 Å². The summed E-state index contributed by atoms with van der Waals surface area (Å²) in [5, 5.41) is 8.60. The zero-order valence-corrected chi connectivity index (χ0v) is 40.6. The van der Waals surface area contributed by atoms with Crippen molar-refractivity contribution in [3.8, 4) is 90.6 Å². The maximum absolute atomic E-state index is 6.25. The van der Waals surface area contributed by atoms with Gasteiger partial charge in [0.1, 0.15) is 22.3 Å². The molecule has 0 saturated heterocycles. The second-order valence-electron chi connectivity index (χ2n) is 19.1. The summed E-state index contributed by atoms with van der Waals surface area (Å²) in [6, 6.07) is 83.2. The van der Waals surface area contributed by atoms with Crippen LogP contribution in [0.15, 0.2) is 251 Å². The highest BCUT2D eigenvalue weighted by Crippen LogP contribution is 2.38. The van der Waals surface area contributed by atoms with E-state index in [0.29, 0.717) is 34.9 Å². The van der Waals surface area contributed by atoms with Gasteiger partial charge in [-0.3, -0.25) is 0 Å². The number of para-hydroxylation sites is 2. The highest BCUT2D eigenvalue weighted by molar-refractivity contribution is 6.13. The van der Waals surface area contributed by atoms with Crippen LogP contribution in [0.1, 0.15) is 0 Å². The van der Waals surface area contributed by atoms with Gasteiger partial charge in [0.05, 0.1) is 0 Å². The van der Waals surface area contributed by atoms with Gasteiger partial charge in [0.2, 0.25) is 0 Å². The van der Waals surface area contributed by atoms with E-state index in [2.05, 4.69) is 146 Å². The molecule has 0 radical (unpaired) electrons. The fourth-order valence-corrected chi connectivity index (χ4v) is 10.5. The molecular weight excluding hydrogens is 933 g/mol. The molecule has 0 saturated carbocycles. The summed E-state index contributed by atoms with van der Waals surface area (Å²) in [7, 11) is 0. The van der Waals surface area contributed by atoms with Crippen molar-refractivity contribution in [2.24, 2.45) is 0 Å². The lowest BCUT2D eigenvalue weighted by molar-refractivity contribution is 0.669. The summed E-state index contributed by atoms with van der Waals surface area (Å²) in [6.07, 6.45) is 0. The van der Waals surface area contributed by atoms with E-state index in [1.807, 2.05) is 97.1 Å². The minimum Gasteiger partial charge on any atom is -0.456 e. The molecule has 15 aromatic rings. The van der Waals surface area contributed by atoms with Crippen molar-refractivity contribution in [2.45, 2.75) is 0 Å². The minimum absolute atomic E-state index is 0.596. The van der Waals surface area contributed by atoms with E-state index >= 15 is 0 Å². The molecule has 0 spiro atoms. The zero-order valence-electron chi connectivity index (χ0n) is 40.6. The van der Waals surface area contributed by atoms with Crippen LogP contribution in [0, 0.1) is 0 Å². The molecule has 76 heavy (non-hydrogen) atoms. The van der Waals surface area contributed by atoms with Crippen LogP contribution in [0.5, 0.6) is 0 Å². The summed E-state index contributed by atoms with van der Waals surface area (Å²) < 4.78 is 12.5. The van der Waals surface area contributed by atoms with Crippen molar-refractivity contribution >= 4 is 65.4 Å². The van der Waals surface area contributed by atoms with Crippen LogP contribution in [0.3, 0.4) is 0 Å². The third kappa shape index (κ3) is 7.63. The summed E-state index contributed by atoms with van der Waals surface area (Å²) in [5.74, 6) is 3.62. The molecular formula is C68H40N6O2. The van der Waals surface area contributed by atoms with Crippen LogP contribution in [0.4, 0.5) is 0 Å². The predicted molar refractivity (Wildman–Crippen MR) is 306 cm³/mol. The molecule has 0 aliphatic heterocycles. The Hall–Kier alpha value is -10.4. The van der Waals surface area contributed by atoms with Crippen molar-refractivity contribution in [2.75, 3.05) is 0 Å². The smallest absolute Gasteiger partial charge is 0.164 e. The maximum Gasteiger partial charge on any atom is 0.164 e. The van der Waals surface area contributed by atoms with Gasteiger partial charge in [0.15, 0.2) is 34.9 Å². The second kappa shape index (κ2) is 17.7. The molecule has 0 amide bonds. The number of hydrogen-bond donors (Lipinski definition) is 0. The van der Waals surface area contributed by atoms with Crippen molar-refractivity contribution in [3.05, 3.63) is 243 Å². The van der Waals surface area contributed by atoms with Crippen molar-refractivity contribution in [3.63, 3.8) is 0 Å². The van der Waals surface area contributed by atoms with Gasteiger partial charge >= 0.3 is 0 Å². The Bertz CT molecular complexity index is 4740. The Morgan fingerprint density at radius 2 is 0.618 bits per heavy atom. The first kappa shape index (κ1) is 43.2. The zero-order chi connectivity index (χ0) is 50.1. The van der Waals surface area contributed by atoms with E-state index < -0.39 is 0 Å². The number of benzene rings is 11. The maximum atomic E-state index is 6.25. The van der Waals surface area contributed by atoms with Gasteiger partial charge in [-0.15, -0.1) is 0 Å². The first-order valence-corrected chi connectivity index (χ1v) is 25.2. The molecule has 4 aromatic heterocycles. The van der Waals surface area contributed by atoms with Crippen molar-refractivity contribution in [1.82, 2.24) is 29.9 Å². The molecule has 0 bridgehead atoms. The number of aromatic nitrogens is 6. The standard InChI is InChI=1S/C68H40N6O2/c1-3-13-43(14-4-1)63-69-65(72-67(71-63)51-34-33-49-37-57-53-20-7-9-23-59(53)76-62(57)39-52(49)36-51)45-29-25-41(26-30-45)47-17-11-18-48(35-47)42-27-31-46(32-28-42)66-70-64(44-15-5-2-6-16-44)73-68(74-66)55-22-12-19-50-38-61-58(40-56(50)55)54-21-8-10-24-60(54)75-61/h1-40H. The van der Waals surface area contributed by atoms with Crippen LogP contribution in [-0.4, -0.2) is 29.9 Å². The van der Waals surface area contributed by atoms with Crippen LogP contribution >= 0.6 is 0 Å². The lowest BCUT2D eigenvalue weighted by Gasteiger charge is -2.11. The van der Waals surface area contributed by atoms with Gasteiger partial charge in [-0.25, -0.2) is 29.9 Å². The number of furan rings is 2. The topological polar surface area (TPSA) is 104 Å². The molecule has 0 N–H and O–H groups in total. The number of hydrogen-bond acceptors (Lipinski definition) is 8. The number of rotatable bonds is 8. The van der Waals surface area contributed by atoms with Gasteiger partial charge in [0.25, 0.3) is 0 Å². The molecule has 0 aliphatic carbocycles. The van der Waals surface area contributed by atoms with Gasteiger partial charge < -0.3 is 8.83 Å². The summed E-state index contributed by atoms with van der Waals surface area (Å²) in [5.41, 5.74) is 13.2. The van der Waals surface area contributed by atoms with Gasteiger partial charge in [0, 0.05) is 54.9 Å². The molecule has 0 aliphatic rings. The Balaban J connectivity index is 0.744. The van der Waals surface area contributed by atoms with Gasteiger partial charge in [-0.1, -0.05) is 194 Å². The van der Waals surface area contributed by atoms with Crippen LogP contribution in [0.2, 0.25) is 0 Å². The molecule has 15 rings (SSSR count). The molecule has 354 valence electrons. The van der Waals surface area contributed by atoms with Crippen LogP contribution in [-0.2, 0) is 0 Å². The molecule has 8 heteroatoms. The monoisotopic (exact) mass is 972 g/mol. The van der Waals surface area contributed by atoms with Crippen molar-refractivity contribution < 1.29 is 8.83 Å². The first-order valence-electron chi connectivity index (χ1n) is 25.2. The van der Waals surface area contributed by atoms with Gasteiger partial charge in [-0.05, 0) is 92.3 Å². The molecule has 11 aromatic carbocycles. The molecule has 0 fully saturated rings. The normalized spacial score (nSPS) is 11.7. The predicted octanol–water partition coefficient (Wildman–Crippen LogP) is 17.5. The largest absolute Gasteiger partial charge is 0.456 e. The Morgan fingerprint density at radius 1 is 0.197 bits per heavy atom. The molecule has 0 unspecified atom stereocenters. The number of nitrogens with zero attached hydrogens (tertiary/aromatic N) is 6. The van der Waals surface area contributed by atoms with E-state index in [0.717, 1.165) is 121 Å². The van der Waals surface area contributed by atoms with Gasteiger partial charge in [-0.2, -0.15) is 0 Å². The minimum atomic E-state index is 0.596. The third-order valence-electron chi connectivity index (χ3n) is 14.4. The first-order chi connectivity index (χ1) is 37.6. The van der Waals surface area contributed by atoms with E-state index in [1.165, 1.54) is 0 Å². The number of fused-ring (bicyclic) bond motifs is 8. The van der Waals surface area contributed by atoms with Crippen LogP contribution < -0.4 is 0 Å². The van der Waals surface area contributed by atoms with E-state index in [-0.39, 0.29) is 0 Å². The van der Waals surface area contributed by atoms with Crippen molar-refractivity contribution in [1.29, 1.82) is 0 Å². The molecule has 0 atom stereocenters. The summed E-state index contributed by atoms with van der Waals surface area (Å²) >= 11 is 0. The second-order valence-corrected chi connectivity index (χ2v) is 19.1. The lowest BCUT2D eigenvalue weighted by atomic mass is 9.97. The van der Waals surface area contributed by atoms with E-state index in [1.54, 1.807) is 0 Å². The SMILES string of the molecule is c1ccc(-c2nc(-c3ccc(-c4cccc(-c5ccc(-c6nc(-c7ccccc7)nc(-c7cccc8cc9oc%10ccccc%10c9cc78)n6)cc5)c4)cc3)nc(-c3ccc4cc5c(cc4c3)oc3ccccc35)n2)cc1. The summed E-state index contributed by atoms with van der Waals surface area (Å²) in [4.78, 5) is 30.5. The summed E-state index contributed by atoms with van der Waals surface area (Å²) in [6.45, 7) is 0. The van der Waals surface area contributed by atoms with Crippen LogP contribution in [0.25, 0.3) is 156 Å². The average Bonchev–Trinajstić information content (AvgIpc) is 4.09. The average molecular weight is 973 g/mol. The fraction of sp³-hybridized carbons (Fsp3) is 0. The fourth-order valence-electron chi connectivity index (χ4n) is 10.5. The molecule has 8 nitrogen and oxygen atoms in total. The highest BCUT2D eigenvalue weighted by Gasteiger charge is 2.18. The highest BCUT2D eigenvalue weighted by atomic mass is 16.3. The Labute approximate surface area is 435 Å². The van der Waals surface area contributed by atoms with E-state index in [9.17, 15) is 0 Å².